The minimum atomic E-state index is -4.38. The third-order valence-electron chi connectivity index (χ3n) is 3.08. The second-order valence-electron chi connectivity index (χ2n) is 4.52. The van der Waals surface area contributed by atoms with Crippen LogP contribution in [0.2, 0.25) is 5.02 Å². The van der Waals surface area contributed by atoms with Gasteiger partial charge in [-0.15, -0.1) is 0 Å². The van der Waals surface area contributed by atoms with Crippen molar-refractivity contribution >= 4 is 11.6 Å². The first kappa shape index (κ1) is 14.9. The predicted octanol–water partition coefficient (Wildman–Crippen LogP) is 4.75. The van der Waals surface area contributed by atoms with E-state index < -0.39 is 17.8 Å². The molecule has 1 unspecified atom stereocenters. The first-order valence-electron chi connectivity index (χ1n) is 5.90. The lowest BCUT2D eigenvalue weighted by atomic mass is 9.96. The molecule has 20 heavy (non-hydrogen) atoms. The number of aliphatic hydroxyl groups is 1. The van der Waals surface area contributed by atoms with Gasteiger partial charge in [0.1, 0.15) is 6.10 Å². The van der Waals surface area contributed by atoms with Crippen LogP contribution in [-0.4, -0.2) is 5.11 Å². The summed E-state index contributed by atoms with van der Waals surface area (Å²) in [7, 11) is 0. The Morgan fingerprint density at radius 3 is 2.15 bits per heavy atom. The van der Waals surface area contributed by atoms with Crippen molar-refractivity contribution in [2.24, 2.45) is 0 Å². The maximum absolute atomic E-state index is 12.6. The Morgan fingerprint density at radius 2 is 1.65 bits per heavy atom. The molecule has 0 radical (unpaired) electrons. The number of alkyl halides is 3. The van der Waals surface area contributed by atoms with Crippen LogP contribution in [0.1, 0.15) is 28.4 Å². The monoisotopic (exact) mass is 300 g/mol. The van der Waals surface area contributed by atoms with Crippen molar-refractivity contribution in [1.82, 2.24) is 0 Å². The lowest BCUT2D eigenvalue weighted by molar-refractivity contribution is -0.137. The van der Waals surface area contributed by atoms with E-state index in [1.807, 2.05) is 0 Å². The van der Waals surface area contributed by atoms with Crippen LogP contribution in [0, 0.1) is 6.92 Å². The van der Waals surface area contributed by atoms with Crippen molar-refractivity contribution in [3.8, 4) is 0 Å². The van der Waals surface area contributed by atoms with E-state index in [4.69, 9.17) is 11.6 Å². The lowest BCUT2D eigenvalue weighted by Gasteiger charge is -2.16. The van der Waals surface area contributed by atoms with Gasteiger partial charge in [-0.2, -0.15) is 13.2 Å². The Hall–Kier alpha value is -1.52. The number of rotatable bonds is 2. The van der Waals surface area contributed by atoms with Crippen molar-refractivity contribution in [3.05, 3.63) is 69.7 Å². The fourth-order valence-corrected chi connectivity index (χ4v) is 2.11. The summed E-state index contributed by atoms with van der Waals surface area (Å²) in [5, 5.41) is 10.8. The fourth-order valence-electron chi connectivity index (χ4n) is 1.98. The van der Waals surface area contributed by atoms with E-state index in [1.165, 1.54) is 6.07 Å². The van der Waals surface area contributed by atoms with Crippen molar-refractivity contribution in [3.63, 3.8) is 0 Å². The summed E-state index contributed by atoms with van der Waals surface area (Å²) in [5.41, 5.74) is 0.696. The molecule has 0 fully saturated rings. The fraction of sp³-hybridized carbons (Fsp3) is 0.200. The molecule has 0 saturated carbocycles. The highest BCUT2D eigenvalue weighted by molar-refractivity contribution is 6.30. The molecule has 1 N–H and O–H groups in total. The molecule has 2 rings (SSSR count). The SMILES string of the molecule is Cc1cc(C(F)(F)F)ccc1C(O)c1ccc(Cl)cc1. The lowest BCUT2D eigenvalue weighted by Crippen LogP contribution is -2.08. The Labute approximate surface area is 119 Å². The number of halogens is 4. The predicted molar refractivity (Wildman–Crippen MR) is 71.7 cm³/mol. The Balaban J connectivity index is 2.36. The highest BCUT2D eigenvalue weighted by atomic mass is 35.5. The Kier molecular flexibility index (Phi) is 4.06. The molecule has 0 aliphatic heterocycles. The van der Waals surface area contributed by atoms with Gasteiger partial charge < -0.3 is 5.11 Å². The summed E-state index contributed by atoms with van der Waals surface area (Å²) in [5.74, 6) is 0. The minimum Gasteiger partial charge on any atom is -0.384 e. The van der Waals surface area contributed by atoms with E-state index in [2.05, 4.69) is 0 Å². The molecule has 0 heterocycles. The van der Waals surface area contributed by atoms with Gasteiger partial charge in [0, 0.05) is 5.02 Å². The second-order valence-corrected chi connectivity index (χ2v) is 4.96. The molecular weight excluding hydrogens is 289 g/mol. The zero-order valence-electron chi connectivity index (χ0n) is 10.6. The van der Waals surface area contributed by atoms with Crippen LogP contribution < -0.4 is 0 Å². The third-order valence-corrected chi connectivity index (χ3v) is 3.33. The van der Waals surface area contributed by atoms with Gasteiger partial charge in [0.2, 0.25) is 0 Å². The van der Waals surface area contributed by atoms with Gasteiger partial charge in [-0.1, -0.05) is 29.8 Å². The number of aryl methyl sites for hydroxylation is 1. The highest BCUT2D eigenvalue weighted by Gasteiger charge is 2.31. The smallest absolute Gasteiger partial charge is 0.384 e. The van der Waals surface area contributed by atoms with E-state index in [-0.39, 0.29) is 0 Å². The van der Waals surface area contributed by atoms with Gasteiger partial charge in [-0.25, -0.2) is 0 Å². The van der Waals surface area contributed by atoms with Crippen LogP contribution in [0.3, 0.4) is 0 Å². The van der Waals surface area contributed by atoms with Crippen molar-refractivity contribution in [2.45, 2.75) is 19.2 Å². The summed E-state index contributed by atoms with van der Waals surface area (Å²) < 4.78 is 37.8. The molecule has 106 valence electrons. The molecule has 2 aromatic rings. The van der Waals surface area contributed by atoms with Crippen LogP contribution in [0.25, 0.3) is 0 Å². The van der Waals surface area contributed by atoms with E-state index in [0.29, 0.717) is 21.7 Å². The first-order chi connectivity index (χ1) is 9.29. The second kappa shape index (κ2) is 5.46. The number of hydrogen-bond acceptors (Lipinski definition) is 1. The quantitative estimate of drug-likeness (QED) is 0.848. The van der Waals surface area contributed by atoms with Crippen LogP contribution in [0.15, 0.2) is 42.5 Å². The molecule has 1 atom stereocenters. The van der Waals surface area contributed by atoms with Crippen LogP contribution >= 0.6 is 11.6 Å². The zero-order valence-corrected chi connectivity index (χ0v) is 11.3. The Morgan fingerprint density at radius 1 is 1.05 bits per heavy atom. The van der Waals surface area contributed by atoms with Gasteiger partial charge in [-0.3, -0.25) is 0 Å². The van der Waals surface area contributed by atoms with Gasteiger partial charge in [-0.05, 0) is 47.9 Å². The molecule has 5 heteroatoms. The van der Waals surface area contributed by atoms with Gasteiger partial charge in [0.05, 0.1) is 5.56 Å². The zero-order chi connectivity index (χ0) is 14.9. The van der Waals surface area contributed by atoms with Crippen LogP contribution in [0.5, 0.6) is 0 Å². The average Bonchev–Trinajstić information content (AvgIpc) is 2.37. The standard InChI is InChI=1S/C15H12ClF3O/c1-9-8-11(15(17,18)19)4-7-13(9)14(20)10-2-5-12(16)6-3-10/h2-8,14,20H,1H3. The summed E-state index contributed by atoms with van der Waals surface area (Å²) in [6, 6.07) is 9.85. The molecule has 0 spiro atoms. The third kappa shape index (κ3) is 3.14. The highest BCUT2D eigenvalue weighted by Crippen LogP contribution is 2.33. The summed E-state index contributed by atoms with van der Waals surface area (Å²) in [6.07, 6.45) is -5.36. The largest absolute Gasteiger partial charge is 0.416 e. The van der Waals surface area contributed by atoms with E-state index in [0.717, 1.165) is 12.1 Å². The van der Waals surface area contributed by atoms with Crippen molar-refractivity contribution < 1.29 is 18.3 Å². The normalized spacial score (nSPS) is 13.3. The summed E-state index contributed by atoms with van der Waals surface area (Å²) >= 11 is 5.76. The van der Waals surface area contributed by atoms with E-state index in [1.54, 1.807) is 31.2 Å². The maximum atomic E-state index is 12.6. The summed E-state index contributed by atoms with van der Waals surface area (Å²) in [4.78, 5) is 0. The summed E-state index contributed by atoms with van der Waals surface area (Å²) in [6.45, 7) is 1.55. The molecule has 0 bridgehead atoms. The van der Waals surface area contributed by atoms with Gasteiger partial charge in [0.15, 0.2) is 0 Å². The molecule has 0 aliphatic rings. The molecule has 1 nitrogen and oxygen atoms in total. The first-order valence-corrected chi connectivity index (χ1v) is 6.28. The average molecular weight is 301 g/mol. The van der Waals surface area contributed by atoms with Crippen LogP contribution in [0.4, 0.5) is 13.2 Å². The molecule has 0 saturated heterocycles. The Bertz CT molecular complexity index is 606. The van der Waals surface area contributed by atoms with E-state index in [9.17, 15) is 18.3 Å². The maximum Gasteiger partial charge on any atom is 0.416 e. The molecule has 0 aliphatic carbocycles. The van der Waals surface area contributed by atoms with Crippen LogP contribution in [-0.2, 0) is 6.18 Å². The van der Waals surface area contributed by atoms with Gasteiger partial charge >= 0.3 is 6.18 Å². The number of hydrogen-bond donors (Lipinski definition) is 1. The molecule has 0 aromatic heterocycles. The topological polar surface area (TPSA) is 20.2 Å². The minimum absolute atomic E-state index is 0.391. The molecular formula is C15H12ClF3O. The number of aliphatic hydroxyl groups excluding tert-OH is 1. The molecule has 2 aromatic carbocycles. The van der Waals surface area contributed by atoms with E-state index >= 15 is 0 Å². The molecule has 0 amide bonds. The van der Waals surface area contributed by atoms with Crippen molar-refractivity contribution in [2.75, 3.05) is 0 Å². The number of benzene rings is 2. The van der Waals surface area contributed by atoms with Gasteiger partial charge in [0.25, 0.3) is 0 Å². The van der Waals surface area contributed by atoms with Crippen molar-refractivity contribution in [1.29, 1.82) is 0 Å².